The first-order chi connectivity index (χ1) is 14.6. The highest BCUT2D eigenvalue weighted by Gasteiger charge is 2.41. The van der Waals surface area contributed by atoms with Crippen LogP contribution in [0.25, 0.3) is 0 Å². The number of para-hydroxylation sites is 1. The molecule has 0 N–H and O–H groups in total. The van der Waals surface area contributed by atoms with E-state index in [1.54, 1.807) is 18.2 Å². The van der Waals surface area contributed by atoms with E-state index in [0.717, 1.165) is 56.9 Å². The van der Waals surface area contributed by atoms with Crippen molar-refractivity contribution in [3.63, 3.8) is 0 Å². The lowest BCUT2D eigenvalue weighted by Crippen LogP contribution is -2.44. The molecule has 4 rings (SSSR count). The van der Waals surface area contributed by atoms with Gasteiger partial charge < -0.3 is 9.64 Å². The fourth-order valence-electron chi connectivity index (χ4n) is 4.69. The molecule has 158 valence electrons. The van der Waals surface area contributed by atoms with Gasteiger partial charge in [-0.05, 0) is 61.6 Å². The minimum atomic E-state index is 0.115. The first-order valence-electron chi connectivity index (χ1n) is 10.7. The topological polar surface area (TPSA) is 32.8 Å². The van der Waals surface area contributed by atoms with Crippen LogP contribution in [0.3, 0.4) is 0 Å². The van der Waals surface area contributed by atoms with Crippen LogP contribution in [-0.2, 0) is 6.54 Å². The van der Waals surface area contributed by atoms with Crippen molar-refractivity contribution in [3.8, 4) is 5.75 Å². The molecule has 0 radical (unpaired) electrons. The number of benzene rings is 2. The van der Waals surface area contributed by atoms with E-state index < -0.39 is 0 Å². The third-order valence-electron chi connectivity index (χ3n) is 6.44. The van der Waals surface area contributed by atoms with Gasteiger partial charge in [0.2, 0.25) is 0 Å². The van der Waals surface area contributed by atoms with Crippen LogP contribution >= 0.6 is 11.6 Å². The molecule has 1 amide bonds. The summed E-state index contributed by atoms with van der Waals surface area (Å²) >= 11 is 5.95. The predicted molar refractivity (Wildman–Crippen MR) is 121 cm³/mol. The molecular formula is C25H29ClN2O2. The fraction of sp³-hybridized carbons (Fsp3) is 0.400. The largest absolute Gasteiger partial charge is 0.489 e. The van der Waals surface area contributed by atoms with Crippen LogP contribution in [0.5, 0.6) is 5.75 Å². The molecule has 0 unspecified atom stereocenters. The van der Waals surface area contributed by atoms with Crippen molar-refractivity contribution < 1.29 is 9.53 Å². The molecule has 2 fully saturated rings. The Labute approximate surface area is 184 Å². The van der Waals surface area contributed by atoms with E-state index in [2.05, 4.69) is 23.6 Å². The van der Waals surface area contributed by atoms with Gasteiger partial charge in [-0.25, -0.2) is 0 Å². The van der Waals surface area contributed by atoms with E-state index in [4.69, 9.17) is 16.3 Å². The molecule has 4 nitrogen and oxygen atoms in total. The molecule has 2 aromatic rings. The number of nitrogens with zero attached hydrogens (tertiary/aromatic N) is 2. The summed E-state index contributed by atoms with van der Waals surface area (Å²) in [6, 6.07) is 15.5. The third kappa shape index (κ3) is 4.71. The Kier molecular flexibility index (Phi) is 6.45. The maximum absolute atomic E-state index is 12.8. The van der Waals surface area contributed by atoms with E-state index in [0.29, 0.717) is 17.0 Å². The molecule has 2 aliphatic heterocycles. The summed E-state index contributed by atoms with van der Waals surface area (Å²) in [6.07, 6.45) is 5.11. The average molecular weight is 425 g/mol. The minimum absolute atomic E-state index is 0.115. The Morgan fingerprint density at radius 2 is 1.77 bits per heavy atom. The first-order valence-corrected chi connectivity index (χ1v) is 11.1. The van der Waals surface area contributed by atoms with Crippen molar-refractivity contribution in [2.24, 2.45) is 5.41 Å². The molecule has 5 heteroatoms. The van der Waals surface area contributed by atoms with Gasteiger partial charge in [0.1, 0.15) is 12.4 Å². The monoisotopic (exact) mass is 424 g/mol. The Morgan fingerprint density at radius 3 is 2.50 bits per heavy atom. The van der Waals surface area contributed by atoms with Crippen molar-refractivity contribution in [1.82, 2.24) is 9.80 Å². The summed E-state index contributed by atoms with van der Waals surface area (Å²) in [4.78, 5) is 17.3. The highest BCUT2D eigenvalue weighted by atomic mass is 35.5. The maximum Gasteiger partial charge on any atom is 0.253 e. The zero-order valence-corrected chi connectivity index (χ0v) is 18.1. The molecule has 0 saturated carbocycles. The lowest BCUT2D eigenvalue weighted by Gasteiger charge is -2.39. The van der Waals surface area contributed by atoms with Crippen molar-refractivity contribution in [1.29, 1.82) is 0 Å². The van der Waals surface area contributed by atoms with Gasteiger partial charge in [-0.1, -0.05) is 42.5 Å². The lowest BCUT2D eigenvalue weighted by atomic mass is 9.77. The molecule has 2 aliphatic rings. The van der Waals surface area contributed by atoms with Gasteiger partial charge in [0.25, 0.3) is 5.91 Å². The number of hydrogen-bond acceptors (Lipinski definition) is 3. The highest BCUT2D eigenvalue weighted by Crippen LogP contribution is 2.41. The van der Waals surface area contributed by atoms with E-state index in [1.165, 1.54) is 12.0 Å². The third-order valence-corrected chi connectivity index (χ3v) is 6.70. The quantitative estimate of drug-likeness (QED) is 0.609. The molecular weight excluding hydrogens is 396 g/mol. The Hall–Kier alpha value is -2.30. The van der Waals surface area contributed by atoms with E-state index >= 15 is 0 Å². The maximum atomic E-state index is 12.8. The number of likely N-dealkylation sites (tertiary alicyclic amines) is 2. The first kappa shape index (κ1) is 21.0. The zero-order valence-electron chi connectivity index (χ0n) is 17.4. The summed E-state index contributed by atoms with van der Waals surface area (Å²) < 4.78 is 5.83. The second-order valence-corrected chi connectivity index (χ2v) is 8.90. The van der Waals surface area contributed by atoms with Crippen molar-refractivity contribution >= 4 is 17.5 Å². The van der Waals surface area contributed by atoms with Crippen LogP contribution < -0.4 is 4.74 Å². The number of halogens is 1. The number of amides is 1. The average Bonchev–Trinajstić information content (AvgIpc) is 3.15. The molecule has 0 aromatic heterocycles. The van der Waals surface area contributed by atoms with E-state index in [9.17, 15) is 4.79 Å². The standard InChI is InChI=1S/C25H29ClN2O2/c1-2-17-30-23-6-4-3-5-21(23)18-27-14-11-25(19-27)12-15-28(16-13-25)24(29)20-7-9-22(26)10-8-20/h2-10H,1,11-19H2. The second-order valence-electron chi connectivity index (χ2n) is 8.47. The van der Waals surface area contributed by atoms with Crippen molar-refractivity contribution in [2.75, 3.05) is 32.8 Å². The second kappa shape index (κ2) is 9.23. The minimum Gasteiger partial charge on any atom is -0.489 e. The predicted octanol–water partition coefficient (Wildman–Crippen LogP) is 5.03. The summed E-state index contributed by atoms with van der Waals surface area (Å²) in [6.45, 7) is 9.01. The molecule has 2 saturated heterocycles. The molecule has 2 aromatic carbocycles. The van der Waals surface area contributed by atoms with Gasteiger partial charge in [0.05, 0.1) is 0 Å². The Bertz CT molecular complexity index is 888. The van der Waals surface area contributed by atoms with Crippen LogP contribution in [0.2, 0.25) is 5.02 Å². The number of piperidine rings is 1. The summed E-state index contributed by atoms with van der Waals surface area (Å²) in [5.41, 5.74) is 2.28. The number of hydrogen-bond donors (Lipinski definition) is 0. The number of rotatable bonds is 6. The van der Waals surface area contributed by atoms with Crippen LogP contribution in [0.4, 0.5) is 0 Å². The van der Waals surface area contributed by atoms with Gasteiger partial charge in [-0.15, -0.1) is 0 Å². The Morgan fingerprint density at radius 1 is 1.07 bits per heavy atom. The number of carbonyl (C=O) groups is 1. The molecule has 2 heterocycles. The van der Waals surface area contributed by atoms with Crippen LogP contribution in [0, 0.1) is 5.41 Å². The van der Waals surface area contributed by atoms with Crippen LogP contribution in [0.15, 0.2) is 61.2 Å². The molecule has 0 aliphatic carbocycles. The SMILES string of the molecule is C=CCOc1ccccc1CN1CCC2(CCN(C(=O)c3ccc(Cl)cc3)CC2)C1. The van der Waals surface area contributed by atoms with Crippen LogP contribution in [-0.4, -0.2) is 48.5 Å². The van der Waals surface area contributed by atoms with Gasteiger partial charge in [-0.2, -0.15) is 0 Å². The summed E-state index contributed by atoms with van der Waals surface area (Å²) in [7, 11) is 0. The molecule has 0 atom stereocenters. The van der Waals surface area contributed by atoms with Crippen molar-refractivity contribution in [2.45, 2.75) is 25.8 Å². The van der Waals surface area contributed by atoms with Crippen molar-refractivity contribution in [3.05, 3.63) is 77.3 Å². The molecule has 1 spiro atoms. The number of carbonyl (C=O) groups excluding carboxylic acids is 1. The smallest absolute Gasteiger partial charge is 0.253 e. The molecule has 0 bridgehead atoms. The summed E-state index contributed by atoms with van der Waals surface area (Å²) in [5.74, 6) is 1.06. The normalized spacial score (nSPS) is 18.5. The van der Waals surface area contributed by atoms with Gasteiger partial charge in [0.15, 0.2) is 0 Å². The molecule has 30 heavy (non-hydrogen) atoms. The fourth-order valence-corrected chi connectivity index (χ4v) is 4.82. The zero-order chi connectivity index (χ0) is 21.0. The van der Waals surface area contributed by atoms with Gasteiger partial charge in [0, 0.05) is 42.3 Å². The van der Waals surface area contributed by atoms with Crippen LogP contribution in [0.1, 0.15) is 35.2 Å². The Balaban J connectivity index is 1.33. The summed E-state index contributed by atoms with van der Waals surface area (Å²) in [5, 5.41) is 0.659. The lowest BCUT2D eigenvalue weighted by molar-refractivity contribution is 0.0587. The van der Waals surface area contributed by atoms with Gasteiger partial charge in [-0.3, -0.25) is 9.69 Å². The van der Waals surface area contributed by atoms with Gasteiger partial charge >= 0.3 is 0 Å². The van der Waals surface area contributed by atoms with E-state index in [1.807, 2.05) is 29.2 Å². The van der Waals surface area contributed by atoms with E-state index in [-0.39, 0.29) is 5.91 Å². The highest BCUT2D eigenvalue weighted by molar-refractivity contribution is 6.30. The number of ether oxygens (including phenoxy) is 1.